The predicted octanol–water partition coefficient (Wildman–Crippen LogP) is 12.3. The summed E-state index contributed by atoms with van der Waals surface area (Å²) in [4.78, 5) is 14.8. The van der Waals surface area contributed by atoms with Gasteiger partial charge in [-0.1, -0.05) is 133 Å². The molecular formula is C45H27N3S. The number of aromatic nitrogens is 3. The van der Waals surface area contributed by atoms with E-state index >= 15 is 0 Å². The standard InChI is InChI=1S/C45H27N3S/c1-3-12-28(13-4-1)43-46-44(29-14-5-2-6-15-29)48-45(47-43)33-19-10-17-31(25-33)30-16-9-18-32(24-30)34-26-38-36-21-8-7-20-35(36)37-22-11-23-39-41(37)42(38)40(27-34)49-39/h1-27H. The van der Waals surface area contributed by atoms with Crippen LogP contribution in [0, 0.1) is 0 Å². The van der Waals surface area contributed by atoms with E-state index in [4.69, 9.17) is 15.0 Å². The zero-order valence-electron chi connectivity index (χ0n) is 26.3. The lowest BCUT2D eigenvalue weighted by Gasteiger charge is -2.12. The van der Waals surface area contributed by atoms with E-state index in [1.807, 2.05) is 72.0 Å². The Morgan fingerprint density at radius 1 is 0.286 bits per heavy atom. The molecule has 0 bridgehead atoms. The SMILES string of the molecule is c1ccc(-c2nc(-c3ccccc3)nc(-c3cccc(-c4cccc(-c5cc6sc7cccc8c9ccccc9c(c5)c6c78)c4)c3)n2)cc1. The molecule has 0 amide bonds. The van der Waals surface area contributed by atoms with Crippen molar-refractivity contribution in [1.82, 2.24) is 15.0 Å². The molecule has 0 N–H and O–H groups in total. The van der Waals surface area contributed by atoms with E-state index in [1.54, 1.807) is 0 Å². The molecule has 0 saturated heterocycles. The molecular weight excluding hydrogens is 615 g/mol. The molecule has 2 heterocycles. The van der Waals surface area contributed by atoms with Crippen molar-refractivity contribution in [2.24, 2.45) is 0 Å². The van der Waals surface area contributed by atoms with Crippen LogP contribution < -0.4 is 0 Å². The van der Waals surface area contributed by atoms with Crippen molar-refractivity contribution >= 4 is 53.1 Å². The summed E-state index contributed by atoms with van der Waals surface area (Å²) in [6.45, 7) is 0. The first-order valence-electron chi connectivity index (χ1n) is 16.4. The molecule has 10 rings (SSSR count). The first-order chi connectivity index (χ1) is 24.3. The molecule has 0 atom stereocenters. The molecule has 4 heteroatoms. The van der Waals surface area contributed by atoms with E-state index in [1.165, 1.54) is 52.8 Å². The Morgan fingerprint density at radius 2 is 0.735 bits per heavy atom. The monoisotopic (exact) mass is 641 g/mol. The van der Waals surface area contributed by atoms with Crippen molar-refractivity contribution in [3.05, 3.63) is 164 Å². The van der Waals surface area contributed by atoms with Gasteiger partial charge in [-0.15, -0.1) is 11.3 Å². The highest BCUT2D eigenvalue weighted by molar-refractivity contribution is 7.26. The van der Waals surface area contributed by atoms with Gasteiger partial charge in [-0.05, 0) is 74.1 Å². The van der Waals surface area contributed by atoms with Crippen molar-refractivity contribution in [3.63, 3.8) is 0 Å². The molecule has 10 aromatic rings. The second-order valence-corrected chi connectivity index (χ2v) is 13.5. The van der Waals surface area contributed by atoms with Crippen LogP contribution in [-0.4, -0.2) is 15.0 Å². The van der Waals surface area contributed by atoms with E-state index in [0.717, 1.165) is 27.8 Å². The predicted molar refractivity (Wildman–Crippen MR) is 206 cm³/mol. The largest absolute Gasteiger partial charge is 0.208 e. The minimum atomic E-state index is 0.651. The summed E-state index contributed by atoms with van der Waals surface area (Å²) in [7, 11) is 0. The van der Waals surface area contributed by atoms with Gasteiger partial charge in [-0.25, -0.2) is 15.0 Å². The van der Waals surface area contributed by atoms with E-state index in [-0.39, 0.29) is 0 Å². The van der Waals surface area contributed by atoms with E-state index in [0.29, 0.717) is 17.5 Å². The Morgan fingerprint density at radius 3 is 1.39 bits per heavy atom. The summed E-state index contributed by atoms with van der Waals surface area (Å²) in [5.41, 5.74) is 7.54. The summed E-state index contributed by atoms with van der Waals surface area (Å²) >= 11 is 1.89. The van der Waals surface area contributed by atoms with Gasteiger partial charge >= 0.3 is 0 Å². The maximum atomic E-state index is 4.97. The Bertz CT molecular complexity index is 2760. The van der Waals surface area contributed by atoms with Gasteiger partial charge in [-0.2, -0.15) is 0 Å². The second-order valence-electron chi connectivity index (χ2n) is 12.4. The van der Waals surface area contributed by atoms with Gasteiger partial charge in [0.15, 0.2) is 17.5 Å². The molecule has 0 aliphatic carbocycles. The molecule has 2 aromatic heterocycles. The van der Waals surface area contributed by atoms with Crippen LogP contribution in [-0.2, 0) is 0 Å². The lowest BCUT2D eigenvalue weighted by molar-refractivity contribution is 1.07. The van der Waals surface area contributed by atoms with Crippen LogP contribution in [0.25, 0.3) is 98.1 Å². The summed E-state index contributed by atoms with van der Waals surface area (Å²) < 4.78 is 2.67. The fourth-order valence-electron chi connectivity index (χ4n) is 7.16. The van der Waals surface area contributed by atoms with E-state index < -0.39 is 0 Å². The van der Waals surface area contributed by atoms with Crippen molar-refractivity contribution in [3.8, 4) is 56.4 Å². The van der Waals surface area contributed by atoms with Gasteiger partial charge in [0.2, 0.25) is 0 Å². The van der Waals surface area contributed by atoms with Crippen LogP contribution in [0.1, 0.15) is 0 Å². The highest BCUT2D eigenvalue weighted by Gasteiger charge is 2.18. The third-order valence-electron chi connectivity index (χ3n) is 9.46. The fraction of sp³-hybridized carbons (Fsp3) is 0. The third kappa shape index (κ3) is 4.68. The van der Waals surface area contributed by atoms with Crippen LogP contribution in [0.4, 0.5) is 0 Å². The molecule has 228 valence electrons. The lowest BCUT2D eigenvalue weighted by atomic mass is 9.91. The molecule has 0 spiro atoms. The third-order valence-corrected chi connectivity index (χ3v) is 10.6. The molecule has 8 aromatic carbocycles. The smallest absolute Gasteiger partial charge is 0.164 e. The van der Waals surface area contributed by atoms with Gasteiger partial charge in [0.1, 0.15) is 0 Å². The summed E-state index contributed by atoms with van der Waals surface area (Å²) in [6, 6.07) is 57.9. The quantitative estimate of drug-likeness (QED) is 0.176. The number of benzene rings is 8. The van der Waals surface area contributed by atoms with Crippen LogP contribution in [0.3, 0.4) is 0 Å². The summed E-state index contributed by atoms with van der Waals surface area (Å²) in [5, 5.41) is 8.04. The topological polar surface area (TPSA) is 38.7 Å². The summed E-state index contributed by atoms with van der Waals surface area (Å²) in [6.07, 6.45) is 0. The minimum Gasteiger partial charge on any atom is -0.208 e. The molecule has 0 saturated carbocycles. The van der Waals surface area contributed by atoms with Gasteiger partial charge in [0.05, 0.1) is 0 Å². The van der Waals surface area contributed by atoms with Crippen LogP contribution in [0.2, 0.25) is 0 Å². The van der Waals surface area contributed by atoms with Gasteiger partial charge < -0.3 is 0 Å². The van der Waals surface area contributed by atoms with Crippen molar-refractivity contribution in [1.29, 1.82) is 0 Å². The zero-order chi connectivity index (χ0) is 32.3. The average Bonchev–Trinajstić information content (AvgIpc) is 3.57. The number of hydrogen-bond acceptors (Lipinski definition) is 4. The van der Waals surface area contributed by atoms with Crippen LogP contribution in [0.5, 0.6) is 0 Å². The van der Waals surface area contributed by atoms with Crippen LogP contribution >= 0.6 is 11.3 Å². The zero-order valence-corrected chi connectivity index (χ0v) is 27.2. The minimum absolute atomic E-state index is 0.651. The van der Waals surface area contributed by atoms with Crippen LogP contribution in [0.15, 0.2) is 164 Å². The number of thiophene rings is 1. The molecule has 0 fully saturated rings. The molecule has 3 nitrogen and oxygen atoms in total. The number of hydrogen-bond donors (Lipinski definition) is 0. The molecule has 0 unspecified atom stereocenters. The molecule has 0 radical (unpaired) electrons. The maximum absolute atomic E-state index is 4.97. The highest BCUT2D eigenvalue weighted by Crippen LogP contribution is 2.46. The first-order valence-corrected chi connectivity index (χ1v) is 17.3. The average molecular weight is 642 g/mol. The summed E-state index contributed by atoms with van der Waals surface area (Å²) in [5.74, 6) is 1.97. The van der Waals surface area contributed by atoms with Gasteiger partial charge in [0, 0.05) is 36.9 Å². The van der Waals surface area contributed by atoms with Crippen molar-refractivity contribution in [2.75, 3.05) is 0 Å². The normalized spacial score (nSPS) is 11.7. The molecule has 0 aliphatic heterocycles. The Hall–Kier alpha value is -6.23. The maximum Gasteiger partial charge on any atom is 0.164 e. The first kappa shape index (κ1) is 27.8. The highest BCUT2D eigenvalue weighted by atomic mass is 32.1. The Kier molecular flexibility index (Phi) is 6.36. The van der Waals surface area contributed by atoms with E-state index in [2.05, 4.69) is 103 Å². The second kappa shape index (κ2) is 11.2. The van der Waals surface area contributed by atoms with E-state index in [9.17, 15) is 0 Å². The van der Waals surface area contributed by atoms with Crippen molar-refractivity contribution < 1.29 is 0 Å². The number of nitrogens with zero attached hydrogens (tertiary/aromatic N) is 3. The lowest BCUT2D eigenvalue weighted by Crippen LogP contribution is -2.00. The molecule has 0 aliphatic rings. The number of rotatable bonds is 5. The number of fused-ring (bicyclic) bond motifs is 3. The Balaban J connectivity index is 1.10. The Labute approximate surface area is 287 Å². The fourth-order valence-corrected chi connectivity index (χ4v) is 8.35. The molecule has 49 heavy (non-hydrogen) atoms. The van der Waals surface area contributed by atoms with Gasteiger partial charge in [0.25, 0.3) is 0 Å². The van der Waals surface area contributed by atoms with Gasteiger partial charge in [-0.3, -0.25) is 0 Å². The van der Waals surface area contributed by atoms with Crippen molar-refractivity contribution in [2.45, 2.75) is 0 Å².